The van der Waals surface area contributed by atoms with Crippen molar-refractivity contribution in [2.24, 2.45) is 0 Å². The van der Waals surface area contributed by atoms with Crippen LogP contribution in [0.15, 0.2) is 12.3 Å². The van der Waals surface area contributed by atoms with E-state index in [4.69, 9.17) is 16.9 Å². The summed E-state index contributed by atoms with van der Waals surface area (Å²) in [5.41, 5.74) is 6.17. The van der Waals surface area contributed by atoms with Crippen molar-refractivity contribution >= 4 is 11.6 Å². The lowest BCUT2D eigenvalue weighted by Crippen LogP contribution is -2.24. The van der Waals surface area contributed by atoms with Gasteiger partial charge in [-0.1, -0.05) is 5.92 Å². The SMILES string of the molecule is C#CCNC(=O)c1cc(N)cnc1OC. The number of carbonyl (C=O) groups excluding carboxylic acids is 1. The fraction of sp³-hybridized carbons (Fsp3) is 0.200. The number of carbonyl (C=O) groups is 1. The summed E-state index contributed by atoms with van der Waals surface area (Å²) in [4.78, 5) is 15.4. The largest absolute Gasteiger partial charge is 0.480 e. The van der Waals surface area contributed by atoms with Gasteiger partial charge >= 0.3 is 0 Å². The minimum Gasteiger partial charge on any atom is -0.480 e. The highest BCUT2D eigenvalue weighted by molar-refractivity contribution is 5.97. The molecule has 0 saturated carbocycles. The van der Waals surface area contributed by atoms with Gasteiger partial charge in [0.15, 0.2) is 0 Å². The molecule has 1 aromatic heterocycles. The maximum Gasteiger partial charge on any atom is 0.257 e. The summed E-state index contributed by atoms with van der Waals surface area (Å²) in [7, 11) is 1.43. The number of hydrogen-bond acceptors (Lipinski definition) is 4. The van der Waals surface area contributed by atoms with Crippen LogP contribution in [0.3, 0.4) is 0 Å². The molecule has 0 spiro atoms. The molecular weight excluding hydrogens is 194 g/mol. The Bertz CT molecular complexity index is 410. The second kappa shape index (κ2) is 4.86. The lowest BCUT2D eigenvalue weighted by Gasteiger charge is -2.07. The number of ether oxygens (including phenoxy) is 1. The molecule has 0 aromatic carbocycles. The molecule has 15 heavy (non-hydrogen) atoms. The van der Waals surface area contributed by atoms with Gasteiger partial charge in [-0.3, -0.25) is 4.79 Å². The first-order valence-electron chi connectivity index (χ1n) is 4.20. The molecule has 0 aliphatic rings. The van der Waals surface area contributed by atoms with E-state index in [9.17, 15) is 4.79 Å². The molecule has 0 fully saturated rings. The Morgan fingerprint density at radius 2 is 2.53 bits per heavy atom. The van der Waals surface area contributed by atoms with Gasteiger partial charge in [-0.05, 0) is 6.07 Å². The maximum absolute atomic E-state index is 11.6. The number of nitrogens with two attached hydrogens (primary N) is 1. The summed E-state index contributed by atoms with van der Waals surface area (Å²) in [5.74, 6) is 2.16. The van der Waals surface area contributed by atoms with Crippen LogP contribution in [0.1, 0.15) is 10.4 Å². The van der Waals surface area contributed by atoms with Crippen LogP contribution in [0.25, 0.3) is 0 Å². The minimum absolute atomic E-state index is 0.150. The van der Waals surface area contributed by atoms with E-state index in [1.807, 2.05) is 0 Å². The predicted molar refractivity (Wildman–Crippen MR) is 56.4 cm³/mol. The van der Waals surface area contributed by atoms with Gasteiger partial charge in [0.25, 0.3) is 5.91 Å². The third-order valence-corrected chi connectivity index (χ3v) is 1.66. The first-order valence-corrected chi connectivity index (χ1v) is 4.20. The molecule has 1 heterocycles. The summed E-state index contributed by atoms with van der Waals surface area (Å²) in [6.45, 7) is 0.150. The van der Waals surface area contributed by atoms with Gasteiger partial charge in [-0.25, -0.2) is 4.98 Å². The molecule has 78 valence electrons. The van der Waals surface area contributed by atoms with Crippen LogP contribution in [-0.2, 0) is 0 Å². The number of nitrogens with zero attached hydrogens (tertiary/aromatic N) is 1. The topological polar surface area (TPSA) is 77.2 Å². The number of pyridine rings is 1. The molecule has 0 unspecified atom stereocenters. The predicted octanol–water partition coefficient (Wildman–Crippen LogP) is 0.0354. The van der Waals surface area contributed by atoms with Crippen molar-refractivity contribution in [1.82, 2.24) is 10.3 Å². The number of rotatable bonds is 3. The molecule has 5 heteroatoms. The van der Waals surface area contributed by atoms with Crippen LogP contribution in [0.2, 0.25) is 0 Å². The van der Waals surface area contributed by atoms with E-state index in [-0.39, 0.29) is 23.9 Å². The number of terminal acetylenes is 1. The van der Waals surface area contributed by atoms with Crippen molar-refractivity contribution in [3.8, 4) is 18.2 Å². The molecule has 3 N–H and O–H groups in total. The first-order chi connectivity index (χ1) is 7.19. The number of methoxy groups -OCH3 is 1. The molecule has 1 amide bonds. The normalized spacial score (nSPS) is 9.07. The first kappa shape index (κ1) is 10.9. The summed E-state index contributed by atoms with van der Waals surface area (Å²) < 4.78 is 4.92. The van der Waals surface area contributed by atoms with Crippen LogP contribution in [0, 0.1) is 12.3 Å². The Morgan fingerprint density at radius 1 is 1.80 bits per heavy atom. The van der Waals surface area contributed by atoms with Gasteiger partial charge in [0.05, 0.1) is 25.5 Å². The number of nitrogens with one attached hydrogen (secondary N) is 1. The maximum atomic E-state index is 11.6. The standard InChI is InChI=1S/C10H11N3O2/c1-3-4-12-9(14)8-5-7(11)6-13-10(8)15-2/h1,5-6H,4,11H2,2H3,(H,12,14). The second-order valence-electron chi connectivity index (χ2n) is 2.71. The van der Waals surface area contributed by atoms with Crippen molar-refractivity contribution in [1.29, 1.82) is 0 Å². The molecular formula is C10H11N3O2. The van der Waals surface area contributed by atoms with Crippen LogP contribution >= 0.6 is 0 Å². The smallest absolute Gasteiger partial charge is 0.257 e. The molecule has 0 bridgehead atoms. The van der Waals surface area contributed by atoms with E-state index in [1.165, 1.54) is 19.4 Å². The van der Waals surface area contributed by atoms with E-state index in [1.54, 1.807) is 0 Å². The zero-order valence-corrected chi connectivity index (χ0v) is 8.28. The molecule has 1 rings (SSSR count). The third kappa shape index (κ3) is 2.61. The van der Waals surface area contributed by atoms with Crippen molar-refractivity contribution in [3.63, 3.8) is 0 Å². The van der Waals surface area contributed by atoms with Gasteiger partial charge in [-0.15, -0.1) is 6.42 Å². The monoisotopic (exact) mass is 205 g/mol. The highest BCUT2D eigenvalue weighted by atomic mass is 16.5. The van der Waals surface area contributed by atoms with Gasteiger partial charge in [-0.2, -0.15) is 0 Å². The van der Waals surface area contributed by atoms with Crippen molar-refractivity contribution in [3.05, 3.63) is 17.8 Å². The Hall–Kier alpha value is -2.22. The zero-order chi connectivity index (χ0) is 11.3. The molecule has 0 aliphatic carbocycles. The molecule has 0 saturated heterocycles. The molecule has 0 radical (unpaired) electrons. The average molecular weight is 205 g/mol. The summed E-state index contributed by atoms with van der Waals surface area (Å²) in [6.07, 6.45) is 6.43. The van der Waals surface area contributed by atoms with E-state index < -0.39 is 0 Å². The Labute approximate surface area is 87.6 Å². The average Bonchev–Trinajstić information content (AvgIpc) is 2.25. The number of hydrogen-bond donors (Lipinski definition) is 2. The van der Waals surface area contributed by atoms with Gasteiger partial charge < -0.3 is 15.8 Å². The Balaban J connectivity index is 2.96. The van der Waals surface area contributed by atoms with Crippen LogP contribution in [0.4, 0.5) is 5.69 Å². The van der Waals surface area contributed by atoms with Crippen molar-refractivity contribution in [2.75, 3.05) is 19.4 Å². The molecule has 1 aromatic rings. The lowest BCUT2D eigenvalue weighted by atomic mass is 10.2. The van der Waals surface area contributed by atoms with E-state index in [2.05, 4.69) is 16.2 Å². The number of nitrogen functional groups attached to an aromatic ring is 1. The Morgan fingerprint density at radius 3 is 3.13 bits per heavy atom. The Kier molecular flexibility index (Phi) is 3.52. The van der Waals surface area contributed by atoms with Crippen LogP contribution < -0.4 is 15.8 Å². The minimum atomic E-state index is -0.357. The van der Waals surface area contributed by atoms with Crippen LogP contribution in [0.5, 0.6) is 5.88 Å². The van der Waals surface area contributed by atoms with E-state index in [0.717, 1.165) is 0 Å². The molecule has 0 atom stereocenters. The number of anilines is 1. The number of aromatic nitrogens is 1. The van der Waals surface area contributed by atoms with Gasteiger partial charge in [0.2, 0.25) is 5.88 Å². The molecule has 5 nitrogen and oxygen atoms in total. The lowest BCUT2D eigenvalue weighted by molar-refractivity contribution is 0.0955. The highest BCUT2D eigenvalue weighted by Crippen LogP contribution is 2.16. The quantitative estimate of drug-likeness (QED) is 0.683. The van der Waals surface area contributed by atoms with Crippen LogP contribution in [-0.4, -0.2) is 24.5 Å². The van der Waals surface area contributed by atoms with E-state index in [0.29, 0.717) is 5.69 Å². The summed E-state index contributed by atoms with van der Waals surface area (Å²) in [6, 6.07) is 1.48. The number of amides is 1. The zero-order valence-electron chi connectivity index (χ0n) is 8.28. The summed E-state index contributed by atoms with van der Waals surface area (Å²) >= 11 is 0. The second-order valence-corrected chi connectivity index (χ2v) is 2.71. The van der Waals surface area contributed by atoms with E-state index >= 15 is 0 Å². The third-order valence-electron chi connectivity index (χ3n) is 1.66. The fourth-order valence-corrected chi connectivity index (χ4v) is 1.02. The fourth-order valence-electron chi connectivity index (χ4n) is 1.02. The van der Waals surface area contributed by atoms with Gasteiger partial charge in [0.1, 0.15) is 5.56 Å². The highest BCUT2D eigenvalue weighted by Gasteiger charge is 2.12. The molecule has 0 aliphatic heterocycles. The van der Waals surface area contributed by atoms with Gasteiger partial charge in [0, 0.05) is 0 Å². The van der Waals surface area contributed by atoms with Crippen molar-refractivity contribution < 1.29 is 9.53 Å². The summed E-state index contributed by atoms with van der Waals surface area (Å²) in [5, 5.41) is 2.50. The van der Waals surface area contributed by atoms with Crippen molar-refractivity contribution in [2.45, 2.75) is 0 Å².